The van der Waals surface area contributed by atoms with Gasteiger partial charge in [0.15, 0.2) is 0 Å². The highest BCUT2D eigenvalue weighted by Crippen LogP contribution is 2.47. The number of imide groups is 1. The van der Waals surface area contributed by atoms with E-state index in [1.165, 1.54) is 7.11 Å². The molecule has 0 aromatic heterocycles. The molecule has 6 heteroatoms. The van der Waals surface area contributed by atoms with E-state index in [0.29, 0.717) is 11.4 Å². The van der Waals surface area contributed by atoms with E-state index in [0.717, 1.165) is 30.6 Å². The van der Waals surface area contributed by atoms with Crippen LogP contribution in [0.3, 0.4) is 0 Å². The first-order valence-corrected chi connectivity index (χ1v) is 8.29. The predicted octanol–water partition coefficient (Wildman–Crippen LogP) is 2.34. The summed E-state index contributed by atoms with van der Waals surface area (Å²) in [6.07, 6.45) is 3.66. The zero-order valence-corrected chi connectivity index (χ0v) is 14.0. The van der Waals surface area contributed by atoms with E-state index in [1.807, 2.05) is 0 Å². The van der Waals surface area contributed by atoms with Crippen molar-refractivity contribution in [1.29, 1.82) is 0 Å². The lowest BCUT2D eigenvalue weighted by molar-refractivity contribution is -0.147. The van der Waals surface area contributed by atoms with Gasteiger partial charge in [0.2, 0.25) is 17.7 Å². The molecule has 128 valence electrons. The summed E-state index contributed by atoms with van der Waals surface area (Å²) < 4.78 is 5.21. The van der Waals surface area contributed by atoms with Crippen molar-refractivity contribution in [3.63, 3.8) is 0 Å². The van der Waals surface area contributed by atoms with Gasteiger partial charge in [-0.3, -0.25) is 19.3 Å². The van der Waals surface area contributed by atoms with Crippen LogP contribution in [-0.4, -0.2) is 35.8 Å². The Morgan fingerprint density at radius 2 is 1.92 bits per heavy atom. The van der Waals surface area contributed by atoms with Crippen molar-refractivity contribution < 1.29 is 19.1 Å². The number of hydrogen-bond acceptors (Lipinski definition) is 4. The summed E-state index contributed by atoms with van der Waals surface area (Å²) in [4.78, 5) is 38.8. The van der Waals surface area contributed by atoms with Crippen LogP contribution >= 0.6 is 0 Å². The molecule has 1 aromatic rings. The van der Waals surface area contributed by atoms with E-state index in [1.54, 1.807) is 31.2 Å². The Morgan fingerprint density at radius 1 is 1.25 bits per heavy atom. The molecule has 1 N–H and O–H groups in total. The summed E-state index contributed by atoms with van der Waals surface area (Å²) in [5, 5.41) is 2.75. The quantitative estimate of drug-likeness (QED) is 0.860. The number of ether oxygens (including phenoxy) is 1. The molecule has 3 rings (SSSR count). The highest BCUT2D eigenvalue weighted by molar-refractivity contribution is 6.10. The number of para-hydroxylation sites is 2. The standard InChI is InChI=1S/C18H22N2O4/c1-12(16(22)19-13-7-3-4-8-14(13)24-2)20-15(21)11-18(17(20)23)9-5-6-10-18/h3-4,7-8,12H,5-6,9-11H2,1-2H3,(H,19,22). The third-order valence-corrected chi connectivity index (χ3v) is 5.12. The molecule has 1 unspecified atom stereocenters. The van der Waals surface area contributed by atoms with E-state index in [2.05, 4.69) is 5.32 Å². The molecule has 1 heterocycles. The van der Waals surface area contributed by atoms with Gasteiger partial charge in [0.25, 0.3) is 0 Å². The molecule has 6 nitrogen and oxygen atoms in total. The van der Waals surface area contributed by atoms with E-state index in [-0.39, 0.29) is 18.2 Å². The van der Waals surface area contributed by atoms with Gasteiger partial charge >= 0.3 is 0 Å². The molecule has 2 aliphatic rings. The summed E-state index contributed by atoms with van der Waals surface area (Å²) in [7, 11) is 1.52. The van der Waals surface area contributed by atoms with Crippen molar-refractivity contribution in [1.82, 2.24) is 4.90 Å². The fourth-order valence-corrected chi connectivity index (χ4v) is 3.76. The largest absolute Gasteiger partial charge is 0.495 e. The Bertz CT molecular complexity index is 679. The Morgan fingerprint density at radius 3 is 2.58 bits per heavy atom. The average molecular weight is 330 g/mol. The lowest BCUT2D eigenvalue weighted by Gasteiger charge is -2.25. The first-order valence-electron chi connectivity index (χ1n) is 8.29. The summed E-state index contributed by atoms with van der Waals surface area (Å²) in [6, 6.07) is 6.20. The number of hydrogen-bond donors (Lipinski definition) is 1. The molecular formula is C18H22N2O4. The number of benzene rings is 1. The van der Waals surface area contributed by atoms with Gasteiger partial charge in [0, 0.05) is 6.42 Å². The van der Waals surface area contributed by atoms with Crippen molar-refractivity contribution in [3.8, 4) is 5.75 Å². The van der Waals surface area contributed by atoms with Crippen molar-refractivity contribution >= 4 is 23.4 Å². The van der Waals surface area contributed by atoms with E-state index in [9.17, 15) is 14.4 Å². The van der Waals surface area contributed by atoms with Crippen LogP contribution in [0.4, 0.5) is 5.69 Å². The van der Waals surface area contributed by atoms with Crippen molar-refractivity contribution in [2.75, 3.05) is 12.4 Å². The number of methoxy groups -OCH3 is 1. The maximum Gasteiger partial charge on any atom is 0.247 e. The number of anilines is 1. The lowest BCUT2D eigenvalue weighted by atomic mass is 9.84. The highest BCUT2D eigenvalue weighted by atomic mass is 16.5. The molecular weight excluding hydrogens is 308 g/mol. The average Bonchev–Trinajstić information content (AvgIpc) is 3.13. The molecule has 0 bridgehead atoms. The van der Waals surface area contributed by atoms with Crippen LogP contribution in [0.5, 0.6) is 5.75 Å². The van der Waals surface area contributed by atoms with Crippen LogP contribution in [0.2, 0.25) is 0 Å². The second kappa shape index (κ2) is 6.26. The molecule has 0 radical (unpaired) electrons. The molecule has 2 fully saturated rings. The summed E-state index contributed by atoms with van der Waals surface area (Å²) in [5.41, 5.74) is -0.0395. The smallest absolute Gasteiger partial charge is 0.247 e. The highest BCUT2D eigenvalue weighted by Gasteiger charge is 2.54. The van der Waals surface area contributed by atoms with E-state index in [4.69, 9.17) is 4.74 Å². The van der Waals surface area contributed by atoms with Gasteiger partial charge in [-0.25, -0.2) is 0 Å². The van der Waals surface area contributed by atoms with E-state index >= 15 is 0 Å². The third kappa shape index (κ3) is 2.66. The minimum absolute atomic E-state index is 0.187. The Labute approximate surface area is 141 Å². The summed E-state index contributed by atoms with van der Waals surface area (Å²) in [5.74, 6) is -0.294. The molecule has 1 spiro atoms. The van der Waals surface area contributed by atoms with Crippen LogP contribution in [0.1, 0.15) is 39.0 Å². The zero-order valence-electron chi connectivity index (χ0n) is 14.0. The second-order valence-electron chi connectivity index (χ2n) is 6.60. The SMILES string of the molecule is COc1ccccc1NC(=O)C(C)N1C(=O)CC2(CCCC2)C1=O. The molecule has 1 aliphatic carbocycles. The van der Waals surface area contributed by atoms with Gasteiger partial charge in [-0.15, -0.1) is 0 Å². The normalized spacial score (nSPS) is 20.5. The summed E-state index contributed by atoms with van der Waals surface area (Å²) >= 11 is 0. The maximum absolute atomic E-state index is 12.8. The fourth-order valence-electron chi connectivity index (χ4n) is 3.76. The first kappa shape index (κ1) is 16.5. The lowest BCUT2D eigenvalue weighted by Crippen LogP contribution is -2.46. The zero-order chi connectivity index (χ0) is 17.3. The minimum atomic E-state index is -0.838. The number of nitrogens with zero attached hydrogens (tertiary/aromatic N) is 1. The van der Waals surface area contributed by atoms with Gasteiger partial charge in [-0.05, 0) is 31.9 Å². The number of carbonyl (C=O) groups is 3. The molecule has 1 saturated carbocycles. The van der Waals surface area contributed by atoms with Crippen molar-refractivity contribution in [2.45, 2.75) is 45.1 Å². The monoisotopic (exact) mass is 330 g/mol. The Hall–Kier alpha value is -2.37. The first-order chi connectivity index (χ1) is 11.5. The Balaban J connectivity index is 1.76. The van der Waals surface area contributed by atoms with Crippen molar-refractivity contribution in [3.05, 3.63) is 24.3 Å². The molecule has 1 aliphatic heterocycles. The fraction of sp³-hybridized carbons (Fsp3) is 0.500. The molecule has 1 saturated heterocycles. The second-order valence-corrected chi connectivity index (χ2v) is 6.60. The van der Waals surface area contributed by atoms with Crippen LogP contribution in [0, 0.1) is 5.41 Å². The van der Waals surface area contributed by atoms with Gasteiger partial charge in [-0.2, -0.15) is 0 Å². The Kier molecular flexibility index (Phi) is 4.30. The third-order valence-electron chi connectivity index (χ3n) is 5.12. The van der Waals surface area contributed by atoms with Gasteiger partial charge in [0.05, 0.1) is 18.2 Å². The number of nitrogens with one attached hydrogen (secondary N) is 1. The number of rotatable bonds is 4. The molecule has 3 amide bonds. The van der Waals surface area contributed by atoms with Gasteiger partial charge < -0.3 is 10.1 Å². The molecule has 24 heavy (non-hydrogen) atoms. The van der Waals surface area contributed by atoms with E-state index < -0.39 is 17.4 Å². The van der Waals surface area contributed by atoms with Crippen LogP contribution in [0.25, 0.3) is 0 Å². The summed E-state index contributed by atoms with van der Waals surface area (Å²) in [6.45, 7) is 1.59. The van der Waals surface area contributed by atoms with Gasteiger partial charge in [0.1, 0.15) is 11.8 Å². The van der Waals surface area contributed by atoms with Crippen molar-refractivity contribution in [2.24, 2.45) is 5.41 Å². The molecule has 1 aromatic carbocycles. The van der Waals surface area contributed by atoms with Gasteiger partial charge in [-0.1, -0.05) is 25.0 Å². The topological polar surface area (TPSA) is 75.7 Å². The maximum atomic E-state index is 12.8. The number of likely N-dealkylation sites (tertiary alicyclic amines) is 1. The van der Waals surface area contributed by atoms with Crippen LogP contribution < -0.4 is 10.1 Å². The predicted molar refractivity (Wildman–Crippen MR) is 88.5 cm³/mol. The van der Waals surface area contributed by atoms with Crippen LogP contribution in [0.15, 0.2) is 24.3 Å². The molecule has 1 atom stereocenters. The minimum Gasteiger partial charge on any atom is -0.495 e. The number of amides is 3. The number of carbonyl (C=O) groups excluding carboxylic acids is 3. The van der Waals surface area contributed by atoms with Crippen LogP contribution in [-0.2, 0) is 14.4 Å².